The number of amides is 1. The molecule has 1 heterocycles. The van der Waals surface area contributed by atoms with Crippen molar-refractivity contribution < 1.29 is 4.79 Å². The number of anilines is 1. The summed E-state index contributed by atoms with van der Waals surface area (Å²) in [6.45, 7) is 1.91. The number of aromatic nitrogens is 2. The lowest BCUT2D eigenvalue weighted by Crippen LogP contribution is -2.46. The number of aryl methyl sites for hydroxylation is 1. The molecule has 0 atom stereocenters. The number of H-pyrrole nitrogens is 1. The predicted octanol–water partition coefficient (Wildman–Crippen LogP) is 3.43. The summed E-state index contributed by atoms with van der Waals surface area (Å²) in [5.74, 6) is 0.682. The normalized spacial score (nSPS) is 16.5. The topological polar surface area (TPSA) is 57.8 Å². The zero-order valence-electron chi connectivity index (χ0n) is 11.2. The van der Waals surface area contributed by atoms with Crippen molar-refractivity contribution in [3.8, 4) is 0 Å². The Labute approximate surface area is 122 Å². The van der Waals surface area contributed by atoms with Crippen molar-refractivity contribution in [2.45, 2.75) is 31.6 Å². The van der Waals surface area contributed by atoms with Gasteiger partial charge in [0.25, 0.3) is 0 Å². The van der Waals surface area contributed by atoms with E-state index in [4.69, 9.17) is 11.6 Å². The van der Waals surface area contributed by atoms with Gasteiger partial charge in [-0.05, 0) is 37.5 Å². The number of hydrogen-bond donors (Lipinski definition) is 2. The van der Waals surface area contributed by atoms with Crippen molar-refractivity contribution in [2.75, 3.05) is 5.32 Å². The van der Waals surface area contributed by atoms with E-state index < -0.39 is 5.41 Å². The van der Waals surface area contributed by atoms with Crippen molar-refractivity contribution in [3.05, 3.63) is 46.6 Å². The van der Waals surface area contributed by atoms with E-state index in [1.54, 1.807) is 6.20 Å². The fourth-order valence-corrected chi connectivity index (χ4v) is 2.86. The average molecular weight is 290 g/mol. The van der Waals surface area contributed by atoms with Crippen LogP contribution < -0.4 is 5.32 Å². The first-order chi connectivity index (χ1) is 9.62. The number of benzene rings is 1. The fraction of sp³-hybridized carbons (Fsp3) is 0.333. The third-order valence-corrected chi connectivity index (χ3v) is 4.32. The van der Waals surface area contributed by atoms with Gasteiger partial charge in [-0.25, -0.2) is 0 Å². The molecule has 0 aliphatic heterocycles. The first kappa shape index (κ1) is 13.2. The van der Waals surface area contributed by atoms with Gasteiger partial charge in [0.05, 0.1) is 11.6 Å². The maximum absolute atomic E-state index is 12.7. The summed E-state index contributed by atoms with van der Waals surface area (Å²) >= 11 is 6.06. The molecule has 1 aromatic heterocycles. The van der Waals surface area contributed by atoms with Crippen LogP contribution in [0.4, 0.5) is 5.82 Å². The molecule has 3 rings (SSSR count). The SMILES string of the molecule is Cc1cn[nH]c1NC(=O)C1(c2cccc(Cl)c2)CCC1. The first-order valence-corrected chi connectivity index (χ1v) is 7.07. The van der Waals surface area contributed by atoms with Crippen molar-refractivity contribution in [3.63, 3.8) is 0 Å². The Bertz CT molecular complexity index is 646. The van der Waals surface area contributed by atoms with Crippen molar-refractivity contribution in [1.29, 1.82) is 0 Å². The minimum Gasteiger partial charge on any atom is -0.310 e. The maximum atomic E-state index is 12.7. The molecule has 0 radical (unpaired) electrons. The quantitative estimate of drug-likeness (QED) is 0.909. The van der Waals surface area contributed by atoms with E-state index in [1.165, 1.54) is 0 Å². The molecule has 0 unspecified atom stereocenters. The summed E-state index contributed by atoms with van der Waals surface area (Å²) in [5, 5.41) is 10.4. The van der Waals surface area contributed by atoms with Crippen molar-refractivity contribution >= 4 is 23.3 Å². The molecule has 1 aromatic carbocycles. The number of carbonyl (C=O) groups excluding carboxylic acids is 1. The van der Waals surface area contributed by atoms with E-state index in [0.29, 0.717) is 10.8 Å². The van der Waals surface area contributed by atoms with E-state index in [2.05, 4.69) is 15.5 Å². The highest BCUT2D eigenvalue weighted by atomic mass is 35.5. The molecule has 0 spiro atoms. The number of rotatable bonds is 3. The van der Waals surface area contributed by atoms with E-state index in [0.717, 1.165) is 30.4 Å². The van der Waals surface area contributed by atoms with Crippen LogP contribution in [0.3, 0.4) is 0 Å². The number of halogens is 1. The number of aromatic amines is 1. The van der Waals surface area contributed by atoms with Crippen molar-refractivity contribution in [1.82, 2.24) is 10.2 Å². The molecule has 1 saturated carbocycles. The van der Waals surface area contributed by atoms with Gasteiger partial charge in [0.1, 0.15) is 5.82 Å². The lowest BCUT2D eigenvalue weighted by atomic mass is 9.64. The van der Waals surface area contributed by atoms with Crippen LogP contribution in [0.5, 0.6) is 0 Å². The van der Waals surface area contributed by atoms with Crippen LogP contribution in [-0.2, 0) is 10.2 Å². The molecule has 1 amide bonds. The third-order valence-electron chi connectivity index (χ3n) is 4.09. The summed E-state index contributed by atoms with van der Waals surface area (Å²) in [5.41, 5.74) is 1.47. The molecule has 1 aliphatic rings. The summed E-state index contributed by atoms with van der Waals surface area (Å²) in [6, 6.07) is 7.59. The van der Waals surface area contributed by atoms with Crippen molar-refractivity contribution in [2.24, 2.45) is 0 Å². The highest BCUT2D eigenvalue weighted by molar-refractivity contribution is 6.30. The fourth-order valence-electron chi connectivity index (χ4n) is 2.67. The molecule has 1 fully saturated rings. The zero-order valence-corrected chi connectivity index (χ0v) is 12.0. The molecule has 0 bridgehead atoms. The van der Waals surface area contributed by atoms with Crippen LogP contribution >= 0.6 is 11.6 Å². The highest BCUT2D eigenvalue weighted by Gasteiger charge is 2.45. The van der Waals surface area contributed by atoms with Crippen LogP contribution in [0.2, 0.25) is 5.02 Å². The lowest BCUT2D eigenvalue weighted by molar-refractivity contribution is -0.124. The van der Waals surface area contributed by atoms with Gasteiger partial charge in [0.2, 0.25) is 5.91 Å². The lowest BCUT2D eigenvalue weighted by Gasteiger charge is -2.40. The van der Waals surface area contributed by atoms with Gasteiger partial charge in [-0.1, -0.05) is 30.2 Å². The molecule has 4 nitrogen and oxygen atoms in total. The van der Waals surface area contributed by atoms with Gasteiger partial charge in [0.15, 0.2) is 0 Å². The number of nitrogens with zero attached hydrogens (tertiary/aromatic N) is 1. The molecule has 5 heteroatoms. The molecular weight excluding hydrogens is 274 g/mol. The molecular formula is C15H16ClN3O. The molecule has 104 valence electrons. The highest BCUT2D eigenvalue weighted by Crippen LogP contribution is 2.45. The number of nitrogens with one attached hydrogen (secondary N) is 2. The Morgan fingerprint density at radius 1 is 1.45 bits per heavy atom. The molecule has 2 aromatic rings. The number of carbonyl (C=O) groups is 1. The summed E-state index contributed by atoms with van der Waals surface area (Å²) in [4.78, 5) is 12.7. The van der Waals surface area contributed by atoms with Crippen LogP contribution in [0.15, 0.2) is 30.5 Å². The largest absolute Gasteiger partial charge is 0.310 e. The first-order valence-electron chi connectivity index (χ1n) is 6.69. The van der Waals surface area contributed by atoms with Gasteiger partial charge in [-0.3, -0.25) is 9.89 Å². The van der Waals surface area contributed by atoms with Gasteiger partial charge in [-0.2, -0.15) is 5.10 Å². The van der Waals surface area contributed by atoms with Gasteiger partial charge in [-0.15, -0.1) is 0 Å². The second-order valence-electron chi connectivity index (χ2n) is 5.33. The maximum Gasteiger partial charge on any atom is 0.236 e. The summed E-state index contributed by atoms with van der Waals surface area (Å²) < 4.78 is 0. The summed E-state index contributed by atoms with van der Waals surface area (Å²) in [7, 11) is 0. The second-order valence-corrected chi connectivity index (χ2v) is 5.76. The second kappa shape index (κ2) is 4.94. The van der Waals surface area contributed by atoms with Gasteiger partial charge < -0.3 is 5.32 Å². The molecule has 0 saturated heterocycles. The predicted molar refractivity (Wildman–Crippen MR) is 78.9 cm³/mol. The Hall–Kier alpha value is -1.81. The Morgan fingerprint density at radius 2 is 2.25 bits per heavy atom. The smallest absolute Gasteiger partial charge is 0.236 e. The van der Waals surface area contributed by atoms with E-state index in [9.17, 15) is 4.79 Å². The van der Waals surface area contributed by atoms with Gasteiger partial charge >= 0.3 is 0 Å². The Balaban J connectivity index is 1.89. The third kappa shape index (κ3) is 2.10. The minimum absolute atomic E-state index is 0.0124. The Morgan fingerprint density at radius 3 is 2.80 bits per heavy atom. The van der Waals surface area contributed by atoms with E-state index in [-0.39, 0.29) is 5.91 Å². The molecule has 20 heavy (non-hydrogen) atoms. The zero-order chi connectivity index (χ0) is 14.2. The standard InChI is InChI=1S/C15H16ClN3O/c1-10-9-17-19-13(10)18-14(20)15(6-3-7-15)11-4-2-5-12(16)8-11/h2,4-5,8-9H,3,6-7H2,1H3,(H2,17,18,19,20). The average Bonchev–Trinajstić information content (AvgIpc) is 2.74. The van der Waals surface area contributed by atoms with Gasteiger partial charge in [0, 0.05) is 10.6 Å². The number of hydrogen-bond acceptors (Lipinski definition) is 2. The Kier molecular flexibility index (Phi) is 3.26. The van der Waals surface area contributed by atoms with E-state index in [1.807, 2.05) is 31.2 Å². The van der Waals surface area contributed by atoms with Crippen LogP contribution in [0.25, 0.3) is 0 Å². The minimum atomic E-state index is -0.456. The summed E-state index contributed by atoms with van der Waals surface area (Å²) in [6.07, 6.45) is 4.46. The van der Waals surface area contributed by atoms with Crippen LogP contribution in [0.1, 0.15) is 30.4 Å². The molecule has 1 aliphatic carbocycles. The monoisotopic (exact) mass is 289 g/mol. The van der Waals surface area contributed by atoms with Crippen LogP contribution in [0, 0.1) is 6.92 Å². The van der Waals surface area contributed by atoms with E-state index >= 15 is 0 Å². The van der Waals surface area contributed by atoms with Crippen LogP contribution in [-0.4, -0.2) is 16.1 Å². The molecule has 2 N–H and O–H groups in total.